The minimum atomic E-state index is -0.991. The van der Waals surface area contributed by atoms with Crippen molar-refractivity contribution < 1.29 is 34.1 Å². The van der Waals surface area contributed by atoms with E-state index in [9.17, 15) is 24.6 Å². The highest BCUT2D eigenvalue weighted by Crippen LogP contribution is 2.40. The molecule has 6 N–H and O–H groups in total. The smallest absolute Gasteiger partial charge is 0.329 e. The number of hydrogen-bond donors (Lipinski definition) is 5. The van der Waals surface area contributed by atoms with Gasteiger partial charge in [-0.3, -0.25) is 9.59 Å². The number of ether oxygens (including phenoxy) is 2. The molecule has 0 aliphatic heterocycles. The summed E-state index contributed by atoms with van der Waals surface area (Å²) in [5, 5.41) is 24.7. The molecule has 1 aromatic carbocycles. The van der Waals surface area contributed by atoms with Gasteiger partial charge in [0.1, 0.15) is 12.1 Å². The average Bonchev–Trinajstić information content (AvgIpc) is 3.63. The molecule has 0 spiro atoms. The topological polar surface area (TPSA) is 177 Å². The first-order valence-electron chi connectivity index (χ1n) is 16.5. The van der Waals surface area contributed by atoms with E-state index in [-0.39, 0.29) is 36.8 Å². The lowest BCUT2D eigenvalue weighted by Gasteiger charge is -2.27. The number of allylic oxidation sites excluding steroid dienone is 2. The quantitative estimate of drug-likeness (QED) is 0.0873. The van der Waals surface area contributed by atoms with E-state index >= 15 is 0 Å². The lowest BCUT2D eigenvalue weighted by atomic mass is 9.85. The van der Waals surface area contributed by atoms with Crippen LogP contribution in [0.3, 0.4) is 0 Å². The van der Waals surface area contributed by atoms with E-state index in [1.54, 1.807) is 6.20 Å². The molecule has 2 aromatic rings. The van der Waals surface area contributed by atoms with Crippen molar-refractivity contribution in [2.24, 2.45) is 17.6 Å². The van der Waals surface area contributed by atoms with Gasteiger partial charge in [0.25, 0.3) is 0 Å². The van der Waals surface area contributed by atoms with Crippen LogP contribution < -0.4 is 11.1 Å². The summed E-state index contributed by atoms with van der Waals surface area (Å²) in [6.45, 7) is 5.18. The van der Waals surface area contributed by atoms with Crippen molar-refractivity contribution in [2.45, 2.75) is 121 Å². The first-order valence-corrected chi connectivity index (χ1v) is 16.5. The number of esters is 2. The summed E-state index contributed by atoms with van der Waals surface area (Å²) < 4.78 is 11.2. The normalized spacial score (nSPS) is 21.6. The fourth-order valence-corrected chi connectivity index (χ4v) is 5.92. The van der Waals surface area contributed by atoms with Crippen molar-refractivity contribution >= 4 is 17.8 Å². The minimum absolute atomic E-state index is 0.135. The Kier molecular flexibility index (Phi) is 15.4. The van der Waals surface area contributed by atoms with E-state index in [4.69, 9.17) is 15.2 Å². The van der Waals surface area contributed by atoms with Crippen LogP contribution in [0, 0.1) is 11.8 Å². The van der Waals surface area contributed by atoms with Crippen molar-refractivity contribution in [3.63, 3.8) is 0 Å². The van der Waals surface area contributed by atoms with Crippen molar-refractivity contribution in [1.82, 2.24) is 15.3 Å². The van der Waals surface area contributed by atoms with E-state index in [0.29, 0.717) is 50.6 Å². The summed E-state index contributed by atoms with van der Waals surface area (Å²) in [6.07, 6.45) is 10.2. The number of hydrogen-bond acceptors (Lipinski definition) is 9. The molecule has 1 fully saturated rings. The Labute approximate surface area is 272 Å². The molecule has 1 amide bonds. The van der Waals surface area contributed by atoms with Crippen molar-refractivity contribution in [2.75, 3.05) is 0 Å². The number of aliphatic hydroxyl groups is 2. The van der Waals surface area contributed by atoms with Crippen molar-refractivity contribution in [3.8, 4) is 0 Å². The van der Waals surface area contributed by atoms with E-state index in [1.165, 1.54) is 13.3 Å². The number of amides is 1. The van der Waals surface area contributed by atoms with Crippen molar-refractivity contribution in [3.05, 3.63) is 66.3 Å². The van der Waals surface area contributed by atoms with E-state index in [1.807, 2.05) is 56.3 Å². The van der Waals surface area contributed by atoms with Gasteiger partial charge in [-0.05, 0) is 77.2 Å². The van der Waals surface area contributed by atoms with Crippen LogP contribution in [0.4, 0.5) is 0 Å². The van der Waals surface area contributed by atoms with Gasteiger partial charge in [0, 0.05) is 37.1 Å². The Morgan fingerprint density at radius 3 is 2.57 bits per heavy atom. The number of rotatable bonds is 19. The summed E-state index contributed by atoms with van der Waals surface area (Å²) in [5.41, 5.74) is 7.55. The summed E-state index contributed by atoms with van der Waals surface area (Å²) >= 11 is 0. The van der Waals surface area contributed by atoms with Crippen LogP contribution in [0.1, 0.15) is 83.4 Å². The number of aliphatic hydroxyl groups excluding tert-OH is 2. The highest BCUT2D eigenvalue weighted by atomic mass is 16.5. The molecule has 0 bridgehead atoms. The Morgan fingerprint density at radius 1 is 1.13 bits per heavy atom. The number of nitrogens with two attached hydrogens (primary N) is 1. The molecule has 1 aliphatic carbocycles. The monoisotopic (exact) mass is 640 g/mol. The molecule has 11 nitrogen and oxygen atoms in total. The first kappa shape index (κ1) is 36.9. The lowest BCUT2D eigenvalue weighted by molar-refractivity contribution is -0.155. The molecule has 0 radical (unpaired) electrons. The van der Waals surface area contributed by atoms with Gasteiger partial charge in [0.2, 0.25) is 5.91 Å². The standard InChI is InChI=1S/C35H52N4O7/c1-23(2)45-33(42)14-10-5-4-9-13-28-29(18-17-27(40)16-15-25-11-7-6-8-12-25)32(20-31(28)41)46-35(44)30(39-34(43)24(3)36)19-26-21-37-22-38-26/h4,6-9,11-12,21-24,27-32,40-41H,5,10,13-20,36H2,1-3H3,(H,37,38)(H,39,43)/b9-4-/t24-,27-,28+,29+,30-,31-,32+/m0/s1. The second-order valence-corrected chi connectivity index (χ2v) is 12.6. The highest BCUT2D eigenvalue weighted by Gasteiger charge is 2.44. The summed E-state index contributed by atoms with van der Waals surface area (Å²) in [6, 6.07) is 8.19. The number of nitrogens with one attached hydrogen (secondary N) is 2. The average molecular weight is 641 g/mol. The van der Waals surface area contributed by atoms with Gasteiger partial charge >= 0.3 is 11.9 Å². The number of nitrogens with zero attached hydrogens (tertiary/aromatic N) is 1. The Morgan fingerprint density at radius 2 is 1.89 bits per heavy atom. The third kappa shape index (κ3) is 12.7. The van der Waals surface area contributed by atoms with Crippen LogP contribution in [0.15, 0.2) is 55.0 Å². The van der Waals surface area contributed by atoms with Gasteiger partial charge in [-0.1, -0.05) is 42.5 Å². The SMILES string of the molecule is CC(C)OC(=O)CCC/C=C\C[C@@H]1[C@@H](CC[C@@H](O)CCc2ccccc2)[C@H](OC(=O)[C@H](Cc2cnc[nH]2)NC(=O)[C@H](C)N)C[C@@H]1O. The number of aryl methyl sites for hydroxylation is 1. The van der Waals surface area contributed by atoms with Crippen molar-refractivity contribution in [1.29, 1.82) is 0 Å². The molecular weight excluding hydrogens is 588 g/mol. The van der Waals surface area contributed by atoms with Crippen LogP contribution in [0.25, 0.3) is 0 Å². The molecule has 0 saturated heterocycles. The number of imidazole rings is 1. The number of benzene rings is 1. The maximum absolute atomic E-state index is 13.5. The third-order valence-corrected chi connectivity index (χ3v) is 8.39. The third-order valence-electron chi connectivity index (χ3n) is 8.39. The minimum Gasteiger partial charge on any atom is -0.463 e. The van der Waals surface area contributed by atoms with Gasteiger partial charge in [-0.25, -0.2) is 9.78 Å². The molecule has 11 heteroatoms. The van der Waals surface area contributed by atoms with E-state index < -0.39 is 42.3 Å². The van der Waals surface area contributed by atoms with Gasteiger partial charge in [0.05, 0.1) is 30.7 Å². The Hall–Kier alpha value is -3.54. The Bertz CT molecular complexity index is 1220. The molecule has 46 heavy (non-hydrogen) atoms. The van der Waals surface area contributed by atoms with Gasteiger partial charge in [-0.15, -0.1) is 0 Å². The molecule has 1 heterocycles. The lowest BCUT2D eigenvalue weighted by Crippen LogP contribution is -2.49. The molecule has 1 saturated carbocycles. The second-order valence-electron chi connectivity index (χ2n) is 12.6. The van der Waals surface area contributed by atoms with Crippen LogP contribution in [0.2, 0.25) is 0 Å². The molecule has 1 aliphatic rings. The largest absolute Gasteiger partial charge is 0.463 e. The number of aromatic nitrogens is 2. The van der Waals surface area contributed by atoms with Crippen LogP contribution in [-0.2, 0) is 36.7 Å². The van der Waals surface area contributed by atoms with Crippen LogP contribution >= 0.6 is 0 Å². The zero-order valence-corrected chi connectivity index (χ0v) is 27.3. The van der Waals surface area contributed by atoms with Crippen LogP contribution in [-0.4, -0.2) is 74.5 Å². The fourth-order valence-electron chi connectivity index (χ4n) is 5.92. The molecule has 1 aromatic heterocycles. The summed E-state index contributed by atoms with van der Waals surface area (Å²) in [7, 11) is 0. The highest BCUT2D eigenvalue weighted by molar-refractivity contribution is 5.87. The number of H-pyrrole nitrogens is 1. The van der Waals surface area contributed by atoms with Gasteiger partial charge in [-0.2, -0.15) is 0 Å². The molecule has 3 rings (SSSR count). The maximum Gasteiger partial charge on any atom is 0.329 e. The number of unbranched alkanes of at least 4 members (excludes halogenated alkanes) is 1. The van der Waals surface area contributed by atoms with E-state index in [0.717, 1.165) is 12.0 Å². The molecule has 7 atom stereocenters. The fraction of sp³-hybridized carbons (Fsp3) is 0.600. The zero-order chi connectivity index (χ0) is 33.5. The first-order chi connectivity index (χ1) is 22.0. The number of aromatic amines is 1. The van der Waals surface area contributed by atoms with Crippen LogP contribution in [0.5, 0.6) is 0 Å². The number of carbonyl (C=O) groups excluding carboxylic acids is 3. The predicted molar refractivity (Wildman–Crippen MR) is 174 cm³/mol. The summed E-state index contributed by atoms with van der Waals surface area (Å²) in [5.74, 6) is -1.70. The predicted octanol–water partition coefficient (Wildman–Crippen LogP) is 3.54. The summed E-state index contributed by atoms with van der Waals surface area (Å²) in [4.78, 5) is 44.7. The number of carbonyl (C=O) groups is 3. The van der Waals surface area contributed by atoms with Gasteiger partial charge < -0.3 is 35.7 Å². The second kappa shape index (κ2) is 19.2. The Balaban J connectivity index is 1.66. The molecule has 0 unspecified atom stereocenters. The molecule has 254 valence electrons. The van der Waals surface area contributed by atoms with E-state index in [2.05, 4.69) is 15.3 Å². The van der Waals surface area contributed by atoms with Gasteiger partial charge in [0.15, 0.2) is 0 Å². The molecular formula is C35H52N4O7. The zero-order valence-electron chi connectivity index (χ0n) is 27.3. The maximum atomic E-state index is 13.5.